The van der Waals surface area contributed by atoms with Crippen molar-refractivity contribution >= 4 is 17.5 Å². The minimum atomic E-state index is 0.0440. The minimum absolute atomic E-state index is 0.0440. The summed E-state index contributed by atoms with van der Waals surface area (Å²) in [5, 5.41) is 2.95. The van der Waals surface area contributed by atoms with E-state index in [9.17, 15) is 9.59 Å². The first-order valence-corrected chi connectivity index (χ1v) is 7.82. The quantitative estimate of drug-likeness (QED) is 0.922. The molecule has 1 N–H and O–H groups in total. The van der Waals surface area contributed by atoms with Crippen molar-refractivity contribution in [3.05, 3.63) is 65.2 Å². The molecule has 4 heteroatoms. The Morgan fingerprint density at radius 1 is 1.13 bits per heavy atom. The second-order valence-corrected chi connectivity index (χ2v) is 5.85. The Morgan fingerprint density at radius 2 is 1.91 bits per heavy atom. The number of rotatable bonds is 5. The average molecular weight is 308 g/mol. The molecular weight excluding hydrogens is 288 g/mol. The summed E-state index contributed by atoms with van der Waals surface area (Å²) in [6.07, 6.45) is 1.67. The topological polar surface area (TPSA) is 49.4 Å². The monoisotopic (exact) mass is 308 g/mol. The van der Waals surface area contributed by atoms with Crippen molar-refractivity contribution in [1.29, 1.82) is 0 Å². The molecule has 0 radical (unpaired) electrons. The lowest BCUT2D eigenvalue weighted by atomic mass is 10.1. The molecule has 1 heterocycles. The lowest BCUT2D eigenvalue weighted by Gasteiger charge is -2.11. The highest BCUT2D eigenvalue weighted by molar-refractivity contribution is 6.00. The van der Waals surface area contributed by atoms with Crippen LogP contribution in [-0.2, 0) is 29.0 Å². The van der Waals surface area contributed by atoms with Crippen LogP contribution in [0.1, 0.15) is 23.1 Å². The van der Waals surface area contributed by atoms with E-state index >= 15 is 0 Å². The smallest absolute Gasteiger partial charge is 0.231 e. The summed E-state index contributed by atoms with van der Waals surface area (Å²) in [6.45, 7) is 0.499. The van der Waals surface area contributed by atoms with Crippen molar-refractivity contribution in [3.63, 3.8) is 0 Å². The maximum absolute atomic E-state index is 12.0. The van der Waals surface area contributed by atoms with E-state index in [1.165, 1.54) is 5.56 Å². The summed E-state index contributed by atoms with van der Waals surface area (Å²) >= 11 is 0. The Bertz CT molecular complexity index is 725. The number of anilines is 1. The van der Waals surface area contributed by atoms with Gasteiger partial charge >= 0.3 is 0 Å². The Kier molecular flexibility index (Phi) is 4.42. The van der Waals surface area contributed by atoms with Gasteiger partial charge in [0.1, 0.15) is 0 Å². The predicted octanol–water partition coefficient (Wildman–Crippen LogP) is 2.45. The van der Waals surface area contributed by atoms with Gasteiger partial charge in [-0.2, -0.15) is 0 Å². The average Bonchev–Trinajstić information content (AvgIpc) is 2.86. The molecule has 0 saturated heterocycles. The number of likely N-dealkylation sites (N-methyl/N-ethyl adjacent to an activating group) is 1. The molecule has 0 spiro atoms. The molecule has 3 rings (SSSR count). The van der Waals surface area contributed by atoms with Crippen molar-refractivity contribution in [1.82, 2.24) is 5.32 Å². The molecule has 0 fully saturated rings. The zero-order valence-corrected chi connectivity index (χ0v) is 13.2. The van der Waals surface area contributed by atoms with Crippen LogP contribution in [0.4, 0.5) is 5.69 Å². The summed E-state index contributed by atoms with van der Waals surface area (Å²) in [5.74, 6) is 0.159. The first-order valence-electron chi connectivity index (χ1n) is 7.82. The lowest BCUT2D eigenvalue weighted by Crippen LogP contribution is -2.23. The molecule has 0 atom stereocenters. The first-order chi connectivity index (χ1) is 11.1. The van der Waals surface area contributed by atoms with Gasteiger partial charge in [0.05, 0.1) is 6.42 Å². The van der Waals surface area contributed by atoms with Crippen LogP contribution < -0.4 is 10.2 Å². The highest BCUT2D eigenvalue weighted by Crippen LogP contribution is 2.28. The number of fused-ring (bicyclic) bond motifs is 1. The van der Waals surface area contributed by atoms with Crippen molar-refractivity contribution in [3.8, 4) is 0 Å². The number of carbonyl (C=O) groups is 2. The fourth-order valence-electron chi connectivity index (χ4n) is 2.83. The molecule has 2 amide bonds. The third-order valence-corrected chi connectivity index (χ3v) is 4.19. The molecule has 0 saturated carbocycles. The highest BCUT2D eigenvalue weighted by Gasteiger charge is 2.23. The predicted molar refractivity (Wildman–Crippen MR) is 90.2 cm³/mol. The molecule has 0 bridgehead atoms. The Morgan fingerprint density at radius 3 is 2.70 bits per heavy atom. The largest absolute Gasteiger partial charge is 0.352 e. The van der Waals surface area contributed by atoms with Gasteiger partial charge in [0, 0.05) is 25.7 Å². The van der Waals surface area contributed by atoms with Crippen molar-refractivity contribution < 1.29 is 9.59 Å². The van der Waals surface area contributed by atoms with Gasteiger partial charge in [-0.3, -0.25) is 9.59 Å². The lowest BCUT2D eigenvalue weighted by molar-refractivity contribution is -0.121. The molecule has 118 valence electrons. The second kappa shape index (κ2) is 6.65. The Hall–Kier alpha value is -2.62. The van der Waals surface area contributed by atoms with E-state index in [1.54, 1.807) is 11.9 Å². The highest BCUT2D eigenvalue weighted by atomic mass is 16.2. The van der Waals surface area contributed by atoms with Crippen LogP contribution >= 0.6 is 0 Å². The number of benzene rings is 2. The first kappa shape index (κ1) is 15.3. The van der Waals surface area contributed by atoms with Gasteiger partial charge in [-0.25, -0.2) is 0 Å². The number of nitrogens with zero attached hydrogens (tertiary/aromatic N) is 1. The van der Waals surface area contributed by atoms with E-state index in [1.807, 2.05) is 48.5 Å². The molecular formula is C19H20N2O2. The van der Waals surface area contributed by atoms with Gasteiger partial charge in [-0.1, -0.05) is 42.5 Å². The van der Waals surface area contributed by atoms with Crippen LogP contribution in [0.15, 0.2) is 48.5 Å². The normalized spacial score (nSPS) is 13.1. The van der Waals surface area contributed by atoms with Crippen LogP contribution in [0.25, 0.3) is 0 Å². The van der Waals surface area contributed by atoms with Crippen molar-refractivity contribution in [2.75, 3.05) is 11.9 Å². The van der Waals surface area contributed by atoms with E-state index in [-0.39, 0.29) is 11.8 Å². The molecule has 2 aromatic carbocycles. The summed E-state index contributed by atoms with van der Waals surface area (Å²) in [7, 11) is 1.79. The third-order valence-electron chi connectivity index (χ3n) is 4.19. The number of carbonyl (C=O) groups excluding carboxylic acids is 2. The van der Waals surface area contributed by atoms with Gasteiger partial charge in [-0.15, -0.1) is 0 Å². The summed E-state index contributed by atoms with van der Waals surface area (Å²) in [6, 6.07) is 15.9. The Labute approximate surface area is 136 Å². The molecule has 2 aromatic rings. The number of aryl methyl sites for hydroxylation is 1. The summed E-state index contributed by atoms with van der Waals surface area (Å²) in [4.78, 5) is 25.3. The number of hydrogen-bond acceptors (Lipinski definition) is 2. The van der Waals surface area contributed by atoms with Crippen molar-refractivity contribution in [2.45, 2.75) is 25.8 Å². The molecule has 4 nitrogen and oxygen atoms in total. The van der Waals surface area contributed by atoms with E-state index in [0.29, 0.717) is 19.4 Å². The minimum Gasteiger partial charge on any atom is -0.352 e. The number of nitrogens with one attached hydrogen (secondary N) is 1. The van der Waals surface area contributed by atoms with E-state index < -0.39 is 0 Å². The summed E-state index contributed by atoms with van der Waals surface area (Å²) < 4.78 is 0. The van der Waals surface area contributed by atoms with E-state index in [2.05, 4.69) is 5.32 Å². The van der Waals surface area contributed by atoms with Gasteiger partial charge in [-0.05, 0) is 29.2 Å². The fourth-order valence-corrected chi connectivity index (χ4v) is 2.83. The van der Waals surface area contributed by atoms with Gasteiger partial charge < -0.3 is 10.2 Å². The molecule has 23 heavy (non-hydrogen) atoms. The van der Waals surface area contributed by atoms with Crippen LogP contribution in [0.2, 0.25) is 0 Å². The van der Waals surface area contributed by atoms with E-state index in [4.69, 9.17) is 0 Å². The van der Waals surface area contributed by atoms with Gasteiger partial charge in [0.2, 0.25) is 11.8 Å². The van der Waals surface area contributed by atoms with Crippen LogP contribution in [0, 0.1) is 0 Å². The number of hydrogen-bond donors (Lipinski definition) is 1. The Balaban J connectivity index is 1.52. The maximum Gasteiger partial charge on any atom is 0.231 e. The second-order valence-electron chi connectivity index (χ2n) is 5.85. The van der Waals surface area contributed by atoms with Crippen LogP contribution in [0.3, 0.4) is 0 Å². The van der Waals surface area contributed by atoms with Gasteiger partial charge in [0.15, 0.2) is 0 Å². The number of amides is 2. The maximum atomic E-state index is 12.0. The zero-order valence-electron chi connectivity index (χ0n) is 13.2. The standard InChI is InChI=1S/C19H20N2O2/c1-21-17-9-7-15(11-16(17)12-19(21)23)13-20-18(22)10-8-14-5-3-2-4-6-14/h2-7,9,11H,8,10,12-13H2,1H3,(H,20,22). The van der Waals surface area contributed by atoms with Crippen LogP contribution in [0.5, 0.6) is 0 Å². The zero-order chi connectivity index (χ0) is 16.2. The molecule has 1 aliphatic rings. The molecule has 0 unspecified atom stereocenters. The van der Waals surface area contributed by atoms with Crippen LogP contribution in [-0.4, -0.2) is 18.9 Å². The van der Waals surface area contributed by atoms with E-state index in [0.717, 1.165) is 23.2 Å². The third kappa shape index (κ3) is 3.59. The molecule has 0 aliphatic carbocycles. The SMILES string of the molecule is CN1C(=O)Cc2cc(CNC(=O)CCc3ccccc3)ccc21. The fraction of sp³-hybridized carbons (Fsp3) is 0.263. The van der Waals surface area contributed by atoms with Crippen molar-refractivity contribution in [2.24, 2.45) is 0 Å². The summed E-state index contributed by atoms with van der Waals surface area (Å²) in [5.41, 5.74) is 4.20. The molecule has 1 aliphatic heterocycles. The molecule has 0 aromatic heterocycles. The van der Waals surface area contributed by atoms with Gasteiger partial charge in [0.25, 0.3) is 0 Å².